The van der Waals surface area contributed by atoms with Crippen LogP contribution >= 0.6 is 0 Å². The van der Waals surface area contributed by atoms with Crippen molar-refractivity contribution >= 4 is 11.9 Å². The summed E-state index contributed by atoms with van der Waals surface area (Å²) < 4.78 is 10.6. The van der Waals surface area contributed by atoms with Crippen LogP contribution in [0.4, 0.5) is 0 Å². The third-order valence-corrected chi connectivity index (χ3v) is 4.43. The van der Waals surface area contributed by atoms with Crippen molar-refractivity contribution in [3.8, 4) is 22.6 Å². The van der Waals surface area contributed by atoms with Gasteiger partial charge in [-0.05, 0) is 34.9 Å². The highest BCUT2D eigenvalue weighted by atomic mass is 16.5. The number of hydrogen-bond donors (Lipinski definition) is 0. The molecular weight excluding hydrogens is 324 g/mol. The van der Waals surface area contributed by atoms with Gasteiger partial charge in [0.25, 0.3) is 0 Å². The Morgan fingerprint density at radius 3 is 1.85 bits per heavy atom. The van der Waals surface area contributed by atoms with E-state index in [0.29, 0.717) is 11.5 Å². The molecule has 0 fully saturated rings. The lowest BCUT2D eigenvalue weighted by Gasteiger charge is -2.07. The van der Waals surface area contributed by atoms with Gasteiger partial charge in [0.1, 0.15) is 5.71 Å². The minimum Gasteiger partial charge on any atom is -0.493 e. The van der Waals surface area contributed by atoms with Gasteiger partial charge in [-0.15, -0.1) is 5.10 Å². The molecule has 0 aromatic heterocycles. The van der Waals surface area contributed by atoms with Crippen LogP contribution in [-0.4, -0.2) is 26.1 Å². The highest BCUT2D eigenvalue weighted by Crippen LogP contribution is 2.36. The lowest BCUT2D eigenvalue weighted by molar-refractivity contribution is 0.355. The average Bonchev–Trinajstić information content (AvgIpc) is 3.02. The Bertz CT molecular complexity index is 975. The van der Waals surface area contributed by atoms with Gasteiger partial charge in [-0.3, -0.25) is 0 Å². The minimum absolute atomic E-state index is 0.667. The molecule has 0 amide bonds. The molecule has 0 heterocycles. The van der Waals surface area contributed by atoms with Crippen LogP contribution in [0.1, 0.15) is 16.7 Å². The molecule has 4 heteroatoms. The number of ether oxygens (including phenoxy) is 2. The summed E-state index contributed by atoms with van der Waals surface area (Å²) in [4.78, 5) is 0. The summed E-state index contributed by atoms with van der Waals surface area (Å²) in [7, 11) is 3.23. The molecule has 26 heavy (non-hydrogen) atoms. The third kappa shape index (κ3) is 2.75. The fraction of sp³-hybridized carbons (Fsp3) is 0.0909. The van der Waals surface area contributed by atoms with Crippen molar-refractivity contribution in [2.24, 2.45) is 10.2 Å². The molecule has 0 unspecified atom stereocenters. The van der Waals surface area contributed by atoms with Gasteiger partial charge in [-0.25, -0.2) is 0 Å². The maximum atomic E-state index is 5.33. The summed E-state index contributed by atoms with van der Waals surface area (Å²) >= 11 is 0. The molecule has 0 atom stereocenters. The maximum absolute atomic E-state index is 5.33. The van der Waals surface area contributed by atoms with Crippen LogP contribution in [0.15, 0.2) is 76.9 Å². The van der Waals surface area contributed by atoms with Gasteiger partial charge in [0, 0.05) is 11.1 Å². The van der Waals surface area contributed by atoms with Gasteiger partial charge < -0.3 is 9.47 Å². The molecule has 4 rings (SSSR count). The van der Waals surface area contributed by atoms with Crippen molar-refractivity contribution < 1.29 is 9.47 Å². The first kappa shape index (κ1) is 16.1. The van der Waals surface area contributed by atoms with E-state index in [1.165, 1.54) is 11.1 Å². The predicted molar refractivity (Wildman–Crippen MR) is 105 cm³/mol. The van der Waals surface area contributed by atoms with Crippen LogP contribution in [0.3, 0.4) is 0 Å². The average molecular weight is 342 g/mol. The Morgan fingerprint density at radius 2 is 1.27 bits per heavy atom. The number of fused-ring (bicyclic) bond motifs is 3. The van der Waals surface area contributed by atoms with Crippen LogP contribution in [0.5, 0.6) is 11.5 Å². The second-order valence-electron chi connectivity index (χ2n) is 5.90. The second-order valence-corrected chi connectivity index (χ2v) is 5.90. The molecule has 4 nitrogen and oxygen atoms in total. The van der Waals surface area contributed by atoms with Crippen molar-refractivity contribution in [1.29, 1.82) is 0 Å². The van der Waals surface area contributed by atoms with Gasteiger partial charge >= 0.3 is 0 Å². The summed E-state index contributed by atoms with van der Waals surface area (Å²) in [6.07, 6.45) is 1.72. The normalized spacial score (nSPS) is 12.0. The van der Waals surface area contributed by atoms with E-state index in [4.69, 9.17) is 9.47 Å². The quantitative estimate of drug-likeness (QED) is 0.403. The number of rotatable bonds is 4. The smallest absolute Gasteiger partial charge is 0.161 e. The highest BCUT2D eigenvalue weighted by molar-refractivity contribution is 6.24. The first-order valence-electron chi connectivity index (χ1n) is 8.34. The summed E-state index contributed by atoms with van der Waals surface area (Å²) in [6.45, 7) is 0. The van der Waals surface area contributed by atoms with E-state index in [1.807, 2.05) is 42.5 Å². The van der Waals surface area contributed by atoms with Crippen molar-refractivity contribution in [2.45, 2.75) is 0 Å². The predicted octanol–water partition coefficient (Wildman–Crippen LogP) is 4.56. The van der Waals surface area contributed by atoms with Crippen LogP contribution in [0.25, 0.3) is 11.1 Å². The minimum atomic E-state index is 0.667. The van der Waals surface area contributed by atoms with E-state index in [1.54, 1.807) is 20.4 Å². The number of nitrogens with zero attached hydrogens (tertiary/aromatic N) is 2. The van der Waals surface area contributed by atoms with E-state index >= 15 is 0 Å². The Morgan fingerprint density at radius 1 is 0.692 bits per heavy atom. The molecule has 0 bridgehead atoms. The van der Waals surface area contributed by atoms with Crippen LogP contribution in [0.2, 0.25) is 0 Å². The van der Waals surface area contributed by atoms with Gasteiger partial charge in [0.2, 0.25) is 0 Å². The zero-order valence-corrected chi connectivity index (χ0v) is 14.6. The van der Waals surface area contributed by atoms with Crippen LogP contribution in [0, 0.1) is 0 Å². The standard InChI is InChI=1S/C22H18N2O2/c1-25-20-12-11-15(13-21(20)26-2)14-23-24-22-18-9-5-3-7-16(18)17-8-4-6-10-19(17)22/h3-14H,1-2H3/b23-14+. The van der Waals surface area contributed by atoms with Gasteiger partial charge in [0.05, 0.1) is 20.4 Å². The van der Waals surface area contributed by atoms with Crippen molar-refractivity contribution in [3.63, 3.8) is 0 Å². The summed E-state index contributed by atoms with van der Waals surface area (Å²) in [5.41, 5.74) is 6.40. The second kappa shape index (κ2) is 6.84. The zero-order chi connectivity index (χ0) is 17.9. The van der Waals surface area contributed by atoms with E-state index in [-0.39, 0.29) is 0 Å². The molecule has 0 saturated heterocycles. The van der Waals surface area contributed by atoms with Crippen molar-refractivity contribution in [2.75, 3.05) is 14.2 Å². The molecule has 0 spiro atoms. The fourth-order valence-electron chi connectivity index (χ4n) is 3.19. The fourth-order valence-corrected chi connectivity index (χ4v) is 3.19. The third-order valence-electron chi connectivity index (χ3n) is 4.43. The van der Waals surface area contributed by atoms with Gasteiger partial charge in [-0.1, -0.05) is 48.5 Å². The first-order chi connectivity index (χ1) is 12.8. The topological polar surface area (TPSA) is 43.2 Å². The molecule has 0 saturated carbocycles. The van der Waals surface area contributed by atoms with Gasteiger partial charge in [-0.2, -0.15) is 5.10 Å². The van der Waals surface area contributed by atoms with E-state index in [9.17, 15) is 0 Å². The Kier molecular flexibility index (Phi) is 4.23. The Labute approximate surface area is 152 Å². The number of methoxy groups -OCH3 is 2. The molecule has 128 valence electrons. The van der Waals surface area contributed by atoms with Gasteiger partial charge in [0.15, 0.2) is 11.5 Å². The SMILES string of the molecule is COc1ccc(/C=N/N=C2c3ccccc3-c3ccccc32)cc1OC. The molecule has 3 aromatic carbocycles. The van der Waals surface area contributed by atoms with Crippen molar-refractivity contribution in [1.82, 2.24) is 0 Å². The lowest BCUT2D eigenvalue weighted by atomic mass is 10.1. The summed E-state index contributed by atoms with van der Waals surface area (Å²) in [6, 6.07) is 22.2. The zero-order valence-electron chi connectivity index (χ0n) is 14.6. The molecule has 3 aromatic rings. The Hall–Kier alpha value is -3.40. The van der Waals surface area contributed by atoms with Crippen molar-refractivity contribution in [3.05, 3.63) is 83.4 Å². The monoisotopic (exact) mass is 342 g/mol. The molecule has 1 aliphatic carbocycles. The molecule has 0 N–H and O–H groups in total. The first-order valence-corrected chi connectivity index (χ1v) is 8.34. The summed E-state index contributed by atoms with van der Waals surface area (Å²) in [5.74, 6) is 1.36. The molecule has 1 aliphatic rings. The molecule has 0 radical (unpaired) electrons. The largest absolute Gasteiger partial charge is 0.493 e. The highest BCUT2D eigenvalue weighted by Gasteiger charge is 2.23. The molecule has 0 aliphatic heterocycles. The lowest BCUT2D eigenvalue weighted by Crippen LogP contribution is -1.97. The number of hydrogen-bond acceptors (Lipinski definition) is 4. The maximum Gasteiger partial charge on any atom is 0.161 e. The van der Waals surface area contributed by atoms with Crippen LogP contribution in [-0.2, 0) is 0 Å². The Balaban J connectivity index is 1.70. The van der Waals surface area contributed by atoms with E-state index in [0.717, 1.165) is 22.4 Å². The van der Waals surface area contributed by atoms with E-state index < -0.39 is 0 Å². The van der Waals surface area contributed by atoms with Crippen LogP contribution < -0.4 is 9.47 Å². The number of benzene rings is 3. The summed E-state index contributed by atoms with van der Waals surface area (Å²) in [5, 5.41) is 8.83. The van der Waals surface area contributed by atoms with E-state index in [2.05, 4.69) is 34.5 Å². The molecular formula is C22H18N2O2.